The van der Waals surface area contributed by atoms with Crippen molar-refractivity contribution >= 4 is 5.70 Å². The number of unbranched alkanes of at least 4 members (excludes halogenated alkanes) is 2. The van der Waals surface area contributed by atoms with Crippen molar-refractivity contribution in [2.75, 3.05) is 0 Å². The first kappa shape index (κ1) is 23.6. The number of aryl methyl sites for hydroxylation is 1. The van der Waals surface area contributed by atoms with E-state index in [1.807, 2.05) is 25.2 Å². The van der Waals surface area contributed by atoms with Crippen molar-refractivity contribution in [2.45, 2.75) is 39.7 Å². The zero-order valence-electron chi connectivity index (χ0n) is 19.0. The number of nitriles is 1. The third-order valence-corrected chi connectivity index (χ3v) is 4.92. The maximum atomic E-state index is 9.35. The highest BCUT2D eigenvalue weighted by Crippen LogP contribution is 2.34. The van der Waals surface area contributed by atoms with Gasteiger partial charge in [0.05, 0.1) is 29.1 Å². The number of allylic oxidation sites excluding steroid dienone is 5. The third kappa shape index (κ3) is 6.25. The van der Waals surface area contributed by atoms with E-state index < -0.39 is 0 Å². The molecule has 0 aliphatic carbocycles. The van der Waals surface area contributed by atoms with Crippen LogP contribution in [0.25, 0.3) is 17.1 Å². The summed E-state index contributed by atoms with van der Waals surface area (Å²) in [6.07, 6.45) is 16.6. The smallest absolute Gasteiger partial charge is 0.168 e. The molecule has 0 bridgehead atoms. The van der Waals surface area contributed by atoms with E-state index in [-0.39, 0.29) is 0 Å². The van der Waals surface area contributed by atoms with Crippen molar-refractivity contribution in [1.29, 1.82) is 5.26 Å². The van der Waals surface area contributed by atoms with Gasteiger partial charge in [-0.2, -0.15) is 10.4 Å². The topological polar surface area (TPSA) is 103 Å². The number of rotatable bonds is 10. The van der Waals surface area contributed by atoms with Gasteiger partial charge in [-0.15, -0.1) is 0 Å². The molecule has 0 fully saturated rings. The number of aromatic nitrogens is 4. The Morgan fingerprint density at radius 3 is 2.73 bits per heavy atom. The van der Waals surface area contributed by atoms with Crippen LogP contribution in [0.3, 0.4) is 0 Å². The van der Waals surface area contributed by atoms with Crippen LogP contribution in [0.5, 0.6) is 11.5 Å². The second-order valence-corrected chi connectivity index (χ2v) is 7.49. The second-order valence-electron chi connectivity index (χ2n) is 7.49. The molecule has 0 unspecified atom stereocenters. The van der Waals surface area contributed by atoms with E-state index in [4.69, 9.17) is 10.5 Å². The molecule has 0 saturated carbocycles. The van der Waals surface area contributed by atoms with Crippen LogP contribution < -0.4 is 10.5 Å². The maximum Gasteiger partial charge on any atom is 0.168 e. The number of nitrogens with two attached hydrogens (primary N) is 1. The van der Waals surface area contributed by atoms with Gasteiger partial charge in [-0.05, 0) is 37.6 Å². The highest BCUT2D eigenvalue weighted by atomic mass is 16.5. The summed E-state index contributed by atoms with van der Waals surface area (Å²) in [5, 5.41) is 13.9. The highest BCUT2D eigenvalue weighted by molar-refractivity contribution is 5.66. The minimum absolute atomic E-state index is 0.363. The van der Waals surface area contributed by atoms with Gasteiger partial charge in [0.2, 0.25) is 0 Å². The molecule has 2 aromatic heterocycles. The van der Waals surface area contributed by atoms with Crippen molar-refractivity contribution < 1.29 is 4.74 Å². The van der Waals surface area contributed by atoms with Crippen LogP contribution in [0.15, 0.2) is 67.7 Å². The summed E-state index contributed by atoms with van der Waals surface area (Å²) in [4.78, 5) is 8.78. The Bertz CT molecular complexity index is 1200. The first-order chi connectivity index (χ1) is 16.0. The van der Waals surface area contributed by atoms with Gasteiger partial charge in [0.1, 0.15) is 11.4 Å². The van der Waals surface area contributed by atoms with Gasteiger partial charge in [-0.1, -0.05) is 44.6 Å². The van der Waals surface area contributed by atoms with E-state index >= 15 is 0 Å². The molecule has 0 spiro atoms. The molecule has 3 aromatic rings. The van der Waals surface area contributed by atoms with Gasteiger partial charge >= 0.3 is 0 Å². The summed E-state index contributed by atoms with van der Waals surface area (Å²) >= 11 is 0. The maximum absolute atomic E-state index is 9.35. The minimum atomic E-state index is 0.363. The second kappa shape index (κ2) is 11.6. The molecule has 7 heteroatoms. The van der Waals surface area contributed by atoms with E-state index in [0.29, 0.717) is 46.4 Å². The Labute approximate surface area is 194 Å². The summed E-state index contributed by atoms with van der Waals surface area (Å²) in [6.45, 7) is 8.47. The molecule has 0 saturated heterocycles. The molecule has 3 rings (SSSR count). The molecular weight excluding hydrogens is 412 g/mol. The van der Waals surface area contributed by atoms with Gasteiger partial charge in [0, 0.05) is 24.5 Å². The van der Waals surface area contributed by atoms with E-state index in [2.05, 4.69) is 40.7 Å². The highest BCUT2D eigenvalue weighted by Gasteiger charge is 2.15. The number of hydrogen-bond donors (Lipinski definition) is 1. The quantitative estimate of drug-likeness (QED) is 0.328. The summed E-state index contributed by atoms with van der Waals surface area (Å²) in [5.74, 6) is 1.51. The fourth-order valence-electron chi connectivity index (χ4n) is 3.01. The predicted molar refractivity (Wildman–Crippen MR) is 130 cm³/mol. The molecule has 2 N–H and O–H groups in total. The monoisotopic (exact) mass is 440 g/mol. The van der Waals surface area contributed by atoms with Crippen LogP contribution in [0, 0.1) is 18.3 Å². The van der Waals surface area contributed by atoms with Crippen molar-refractivity contribution in [3.05, 3.63) is 84.5 Å². The average Bonchev–Trinajstić information content (AvgIpc) is 3.21. The van der Waals surface area contributed by atoms with Gasteiger partial charge in [-0.25, -0.2) is 14.6 Å². The summed E-state index contributed by atoms with van der Waals surface area (Å²) < 4.78 is 7.84. The normalized spacial score (nSPS) is 11.2. The van der Waals surface area contributed by atoms with Crippen LogP contribution >= 0.6 is 0 Å². The lowest BCUT2D eigenvalue weighted by molar-refractivity contribution is 0.480. The van der Waals surface area contributed by atoms with E-state index in [1.54, 1.807) is 41.5 Å². The lowest BCUT2D eigenvalue weighted by atomic mass is 10.1. The largest absolute Gasteiger partial charge is 0.453 e. The van der Waals surface area contributed by atoms with Crippen molar-refractivity contribution in [1.82, 2.24) is 19.7 Å². The molecule has 7 nitrogen and oxygen atoms in total. The molecule has 2 heterocycles. The fourth-order valence-corrected chi connectivity index (χ4v) is 3.01. The zero-order chi connectivity index (χ0) is 23.6. The first-order valence-corrected chi connectivity index (χ1v) is 10.9. The lowest BCUT2D eigenvalue weighted by Crippen LogP contribution is -2.00. The minimum Gasteiger partial charge on any atom is -0.453 e. The molecule has 0 aliphatic heterocycles. The van der Waals surface area contributed by atoms with E-state index in [9.17, 15) is 5.26 Å². The van der Waals surface area contributed by atoms with Crippen molar-refractivity contribution in [3.8, 4) is 29.0 Å². The number of nitrogens with zero attached hydrogens (tertiary/aromatic N) is 5. The fraction of sp³-hybridized carbons (Fsp3) is 0.231. The molecule has 0 atom stereocenters. The Morgan fingerprint density at radius 2 is 2.03 bits per heavy atom. The first-order valence-electron chi connectivity index (χ1n) is 10.9. The lowest BCUT2D eigenvalue weighted by Gasteiger charge is -2.10. The standard InChI is InChI=1S/C26H28N6O/c1-4-5-6-7-8-9-10-19(2)32-18-25(20(3)31-32)33-24-13-21(14-27)11-12-23(24)26-29-16-22(15-28)17-30-26/h7-13,16-18H,2,4-6,15,28H2,1,3H3/b8-7-,10-9-. The van der Waals surface area contributed by atoms with Gasteiger partial charge in [0.15, 0.2) is 11.6 Å². The molecule has 33 heavy (non-hydrogen) atoms. The van der Waals surface area contributed by atoms with Crippen LogP contribution in [0.1, 0.15) is 43.0 Å². The van der Waals surface area contributed by atoms with Gasteiger partial charge in [0.25, 0.3) is 0 Å². The molecular formula is C26H28N6O. The van der Waals surface area contributed by atoms with E-state index in [1.165, 1.54) is 12.8 Å². The SMILES string of the molecule is C=C(/C=C\C=C/CCCC)n1cc(Oc2cc(C#N)ccc2-c2ncc(CN)cn2)c(C)n1. The van der Waals surface area contributed by atoms with Crippen LogP contribution in [0.4, 0.5) is 0 Å². The average molecular weight is 441 g/mol. The number of hydrogen-bond acceptors (Lipinski definition) is 6. The Morgan fingerprint density at radius 1 is 1.24 bits per heavy atom. The third-order valence-electron chi connectivity index (χ3n) is 4.92. The number of benzene rings is 1. The van der Waals surface area contributed by atoms with Crippen LogP contribution in [0.2, 0.25) is 0 Å². The summed E-state index contributed by atoms with van der Waals surface area (Å²) in [7, 11) is 0. The van der Waals surface area contributed by atoms with Crippen molar-refractivity contribution in [3.63, 3.8) is 0 Å². The van der Waals surface area contributed by atoms with Crippen LogP contribution in [-0.4, -0.2) is 19.7 Å². The Kier molecular flexibility index (Phi) is 8.28. The number of ether oxygens (including phenoxy) is 1. The molecule has 0 aliphatic rings. The van der Waals surface area contributed by atoms with E-state index in [0.717, 1.165) is 12.0 Å². The summed E-state index contributed by atoms with van der Waals surface area (Å²) in [5.41, 5.74) is 9.01. The van der Waals surface area contributed by atoms with Crippen LogP contribution in [-0.2, 0) is 6.54 Å². The van der Waals surface area contributed by atoms with Gasteiger partial charge in [-0.3, -0.25) is 0 Å². The summed E-state index contributed by atoms with van der Waals surface area (Å²) in [6, 6.07) is 7.29. The Hall–Kier alpha value is -4.02. The molecule has 1 aromatic carbocycles. The zero-order valence-corrected chi connectivity index (χ0v) is 19.0. The molecule has 0 radical (unpaired) electrons. The Balaban J connectivity index is 1.84. The molecule has 0 amide bonds. The predicted octanol–water partition coefficient (Wildman–Crippen LogP) is 5.54. The molecule has 168 valence electrons. The van der Waals surface area contributed by atoms with Crippen molar-refractivity contribution in [2.24, 2.45) is 5.73 Å². The van der Waals surface area contributed by atoms with Gasteiger partial charge < -0.3 is 10.5 Å².